The molecule has 0 saturated heterocycles. The van der Waals surface area contributed by atoms with Gasteiger partial charge < -0.3 is 10.9 Å². The summed E-state index contributed by atoms with van der Waals surface area (Å²) in [7, 11) is -1.15. The minimum Gasteiger partial charge on any atom is -0.409 e. The molecule has 0 fully saturated rings. The van der Waals surface area contributed by atoms with Crippen LogP contribution >= 0.6 is 0 Å². The molecule has 21 heavy (non-hydrogen) atoms. The van der Waals surface area contributed by atoms with Gasteiger partial charge in [-0.15, -0.1) is 0 Å². The van der Waals surface area contributed by atoms with Gasteiger partial charge in [0.05, 0.1) is 5.25 Å². The molecule has 1 atom stereocenters. The van der Waals surface area contributed by atoms with Crippen molar-refractivity contribution in [1.82, 2.24) is 0 Å². The lowest BCUT2D eigenvalue weighted by molar-refractivity contribution is 0.317. The van der Waals surface area contributed by atoms with E-state index in [1.54, 1.807) is 0 Å². The highest BCUT2D eigenvalue weighted by atomic mass is 32.2. The van der Waals surface area contributed by atoms with Crippen molar-refractivity contribution in [3.63, 3.8) is 0 Å². The SMILES string of the molecule is NC(CCS(=O)C(c1ccccc1)c1ccccc1)=NO. The first-order valence-electron chi connectivity index (χ1n) is 6.66. The van der Waals surface area contributed by atoms with Crippen LogP contribution in [0.2, 0.25) is 0 Å². The first-order chi connectivity index (χ1) is 10.2. The van der Waals surface area contributed by atoms with Gasteiger partial charge in [-0.1, -0.05) is 65.8 Å². The van der Waals surface area contributed by atoms with E-state index < -0.39 is 10.8 Å². The number of hydrogen-bond donors (Lipinski definition) is 2. The van der Waals surface area contributed by atoms with E-state index in [0.717, 1.165) is 11.1 Å². The van der Waals surface area contributed by atoms with Gasteiger partial charge in [-0.2, -0.15) is 0 Å². The van der Waals surface area contributed by atoms with Crippen LogP contribution in [0.25, 0.3) is 0 Å². The van der Waals surface area contributed by atoms with E-state index in [0.29, 0.717) is 12.2 Å². The van der Waals surface area contributed by atoms with Crippen LogP contribution < -0.4 is 5.73 Å². The third kappa shape index (κ3) is 4.16. The van der Waals surface area contributed by atoms with Crippen molar-refractivity contribution in [3.8, 4) is 0 Å². The first-order valence-corrected chi connectivity index (χ1v) is 8.04. The molecule has 1 unspecified atom stereocenters. The Balaban J connectivity index is 2.27. The zero-order valence-electron chi connectivity index (χ0n) is 11.6. The molecular formula is C16H18N2O2S. The Labute approximate surface area is 126 Å². The third-order valence-electron chi connectivity index (χ3n) is 3.16. The van der Waals surface area contributed by atoms with Crippen molar-refractivity contribution < 1.29 is 9.42 Å². The summed E-state index contributed by atoms with van der Waals surface area (Å²) in [5.74, 6) is 0.452. The highest BCUT2D eigenvalue weighted by molar-refractivity contribution is 7.85. The quantitative estimate of drug-likeness (QED) is 0.373. The fourth-order valence-corrected chi connectivity index (χ4v) is 3.69. The number of benzene rings is 2. The number of nitrogens with zero attached hydrogens (tertiary/aromatic N) is 1. The Morgan fingerprint density at radius 1 is 1.05 bits per heavy atom. The van der Waals surface area contributed by atoms with E-state index in [-0.39, 0.29) is 11.1 Å². The average Bonchev–Trinajstić information content (AvgIpc) is 2.55. The van der Waals surface area contributed by atoms with Crippen LogP contribution in [0.15, 0.2) is 65.8 Å². The van der Waals surface area contributed by atoms with Crippen molar-refractivity contribution in [2.75, 3.05) is 5.75 Å². The largest absolute Gasteiger partial charge is 0.409 e. The fraction of sp³-hybridized carbons (Fsp3) is 0.188. The summed E-state index contributed by atoms with van der Waals surface area (Å²) in [6, 6.07) is 19.5. The van der Waals surface area contributed by atoms with Crippen LogP contribution in [0.5, 0.6) is 0 Å². The fourth-order valence-electron chi connectivity index (χ4n) is 2.12. The summed E-state index contributed by atoms with van der Waals surface area (Å²) >= 11 is 0. The average molecular weight is 302 g/mol. The Hall–Kier alpha value is -2.14. The second-order valence-corrected chi connectivity index (χ2v) is 6.27. The van der Waals surface area contributed by atoms with E-state index in [4.69, 9.17) is 10.9 Å². The number of amidine groups is 1. The van der Waals surface area contributed by atoms with Crippen LogP contribution in [0.4, 0.5) is 0 Å². The minimum absolute atomic E-state index is 0.100. The van der Waals surface area contributed by atoms with Crippen molar-refractivity contribution in [1.29, 1.82) is 0 Å². The molecule has 5 heteroatoms. The summed E-state index contributed by atoms with van der Waals surface area (Å²) < 4.78 is 12.7. The highest BCUT2D eigenvalue weighted by Gasteiger charge is 2.20. The molecule has 2 aromatic carbocycles. The van der Waals surface area contributed by atoms with Gasteiger partial charge in [0.25, 0.3) is 0 Å². The molecule has 110 valence electrons. The highest BCUT2D eigenvalue weighted by Crippen LogP contribution is 2.28. The summed E-state index contributed by atoms with van der Waals surface area (Å²) in [5.41, 5.74) is 7.47. The molecule has 0 heterocycles. The normalized spacial score (nSPS) is 13.3. The second kappa shape index (κ2) is 7.59. The van der Waals surface area contributed by atoms with Gasteiger partial charge >= 0.3 is 0 Å². The van der Waals surface area contributed by atoms with Crippen LogP contribution in [0.1, 0.15) is 22.8 Å². The molecule has 0 aliphatic rings. The lowest BCUT2D eigenvalue weighted by Gasteiger charge is -2.17. The predicted octanol–water partition coefficient (Wildman–Crippen LogP) is 2.66. The number of hydrogen-bond acceptors (Lipinski definition) is 3. The number of rotatable bonds is 6. The molecule has 0 aromatic heterocycles. The minimum atomic E-state index is -1.15. The predicted molar refractivity (Wildman–Crippen MR) is 85.8 cm³/mol. The molecule has 2 rings (SSSR count). The van der Waals surface area contributed by atoms with Crippen molar-refractivity contribution in [3.05, 3.63) is 71.8 Å². The van der Waals surface area contributed by atoms with Crippen molar-refractivity contribution in [2.45, 2.75) is 11.7 Å². The Morgan fingerprint density at radius 3 is 1.95 bits per heavy atom. The lowest BCUT2D eigenvalue weighted by Crippen LogP contribution is -2.18. The Kier molecular flexibility index (Phi) is 5.51. The van der Waals surface area contributed by atoms with Gasteiger partial charge in [-0.3, -0.25) is 4.21 Å². The molecule has 0 saturated carbocycles. The summed E-state index contributed by atoms with van der Waals surface area (Å²) in [5, 5.41) is 11.3. The van der Waals surface area contributed by atoms with Gasteiger partial charge in [0, 0.05) is 23.0 Å². The molecular weight excluding hydrogens is 284 g/mol. The van der Waals surface area contributed by atoms with Crippen LogP contribution in [0.3, 0.4) is 0 Å². The molecule has 0 spiro atoms. The standard InChI is InChI=1S/C16H18N2O2S/c17-15(18-19)11-12-21(20)16(13-7-3-1-4-8-13)14-9-5-2-6-10-14/h1-10,16,19H,11-12H2,(H2,17,18). The monoisotopic (exact) mass is 302 g/mol. The third-order valence-corrected chi connectivity index (χ3v) is 4.83. The van der Waals surface area contributed by atoms with Gasteiger partial charge in [0.15, 0.2) is 0 Å². The van der Waals surface area contributed by atoms with Gasteiger partial charge in [0.2, 0.25) is 0 Å². The van der Waals surface area contributed by atoms with Crippen LogP contribution in [0, 0.1) is 0 Å². The second-order valence-electron chi connectivity index (χ2n) is 4.63. The number of nitrogens with two attached hydrogens (primary N) is 1. The van der Waals surface area contributed by atoms with Gasteiger partial charge in [-0.05, 0) is 11.1 Å². The Morgan fingerprint density at radius 2 is 1.52 bits per heavy atom. The zero-order chi connectivity index (χ0) is 15.1. The Bertz CT molecular complexity index is 575. The van der Waals surface area contributed by atoms with E-state index in [2.05, 4.69) is 5.16 Å². The lowest BCUT2D eigenvalue weighted by atomic mass is 10.0. The number of oxime groups is 1. The van der Waals surface area contributed by atoms with Crippen molar-refractivity contribution >= 4 is 16.6 Å². The maximum atomic E-state index is 12.7. The topological polar surface area (TPSA) is 75.7 Å². The molecule has 0 aliphatic carbocycles. The van der Waals surface area contributed by atoms with Gasteiger partial charge in [0.1, 0.15) is 5.84 Å². The molecule has 3 N–H and O–H groups in total. The van der Waals surface area contributed by atoms with E-state index in [1.165, 1.54) is 0 Å². The van der Waals surface area contributed by atoms with E-state index in [1.807, 2.05) is 60.7 Å². The molecule has 2 aromatic rings. The maximum Gasteiger partial charge on any atom is 0.140 e. The molecule has 0 amide bonds. The maximum absolute atomic E-state index is 12.7. The van der Waals surface area contributed by atoms with Crippen molar-refractivity contribution in [2.24, 2.45) is 10.9 Å². The van der Waals surface area contributed by atoms with E-state index >= 15 is 0 Å². The molecule has 0 radical (unpaired) electrons. The van der Waals surface area contributed by atoms with E-state index in [9.17, 15) is 4.21 Å². The summed E-state index contributed by atoms with van der Waals surface area (Å²) in [6.07, 6.45) is 0.305. The van der Waals surface area contributed by atoms with Gasteiger partial charge in [-0.25, -0.2) is 0 Å². The van der Waals surface area contributed by atoms with Crippen LogP contribution in [-0.2, 0) is 10.8 Å². The summed E-state index contributed by atoms with van der Waals surface area (Å²) in [6.45, 7) is 0. The smallest absolute Gasteiger partial charge is 0.140 e. The summed E-state index contributed by atoms with van der Waals surface area (Å²) in [4.78, 5) is 0. The molecule has 0 bridgehead atoms. The molecule has 0 aliphatic heterocycles. The first kappa shape index (κ1) is 15.3. The molecule has 4 nitrogen and oxygen atoms in total. The zero-order valence-corrected chi connectivity index (χ0v) is 12.4. The van der Waals surface area contributed by atoms with Crippen LogP contribution in [-0.4, -0.2) is 21.0 Å².